The minimum atomic E-state index is -3.76. The van der Waals surface area contributed by atoms with Crippen molar-refractivity contribution in [3.05, 3.63) is 88.8 Å². The van der Waals surface area contributed by atoms with Gasteiger partial charge in [-0.25, -0.2) is 21.8 Å². The van der Waals surface area contributed by atoms with Gasteiger partial charge >= 0.3 is 0 Å². The molecule has 0 unspecified atom stereocenters. The molecule has 12 heteroatoms. The van der Waals surface area contributed by atoms with E-state index in [2.05, 4.69) is 14.4 Å². The van der Waals surface area contributed by atoms with Crippen molar-refractivity contribution in [2.75, 3.05) is 9.44 Å². The van der Waals surface area contributed by atoms with Crippen LogP contribution in [0.2, 0.25) is 4.34 Å². The number of nitrogens with one attached hydrogen (secondary N) is 2. The summed E-state index contributed by atoms with van der Waals surface area (Å²) in [6.07, 6.45) is 0.821. The Labute approximate surface area is 223 Å². The molecule has 0 aliphatic rings. The molecule has 0 bridgehead atoms. The molecule has 0 fully saturated rings. The van der Waals surface area contributed by atoms with Gasteiger partial charge in [0.1, 0.15) is 9.73 Å². The molecule has 2 aromatic heterocycles. The Morgan fingerprint density at radius 2 is 1.51 bits per heavy atom. The first-order valence-corrected chi connectivity index (χ1v) is 15.2. The predicted molar refractivity (Wildman–Crippen MR) is 146 cm³/mol. The standard InChI is InChI=1S/C25H20ClN3O5S3/c1-2-16-3-10-20(11-4-16)36(30,31)29-19-9-12-22-21(15-19)27-25(34-22)17-5-7-18(8-6-17)28-37(32,33)24-14-13-23(26)35-24/h3-15,28-29H,2H2,1H3. The zero-order valence-corrected chi connectivity index (χ0v) is 22.5. The summed E-state index contributed by atoms with van der Waals surface area (Å²) in [5.74, 6) is 0.310. The number of benzene rings is 3. The van der Waals surface area contributed by atoms with Crippen molar-refractivity contribution in [2.24, 2.45) is 0 Å². The third-order valence-corrected chi connectivity index (χ3v) is 9.98. The van der Waals surface area contributed by atoms with Gasteiger partial charge in [0.15, 0.2) is 5.58 Å². The number of thiophene rings is 1. The third-order valence-electron chi connectivity index (χ3n) is 5.48. The summed E-state index contributed by atoms with van der Waals surface area (Å²) in [5.41, 5.74) is 3.34. The van der Waals surface area contributed by atoms with Crippen molar-refractivity contribution >= 4 is 65.5 Å². The van der Waals surface area contributed by atoms with Gasteiger partial charge in [-0.15, -0.1) is 11.3 Å². The van der Waals surface area contributed by atoms with Crippen molar-refractivity contribution in [3.8, 4) is 11.5 Å². The summed E-state index contributed by atoms with van der Waals surface area (Å²) in [6.45, 7) is 2.00. The van der Waals surface area contributed by atoms with Gasteiger partial charge in [-0.2, -0.15) is 0 Å². The maximum Gasteiger partial charge on any atom is 0.271 e. The fourth-order valence-electron chi connectivity index (χ4n) is 3.56. The zero-order valence-electron chi connectivity index (χ0n) is 19.3. The largest absolute Gasteiger partial charge is 0.436 e. The van der Waals surface area contributed by atoms with E-state index in [1.165, 1.54) is 12.1 Å². The SMILES string of the molecule is CCc1ccc(S(=O)(=O)Nc2ccc3oc(-c4ccc(NS(=O)(=O)c5ccc(Cl)s5)cc4)nc3c2)cc1. The molecule has 3 aromatic carbocycles. The van der Waals surface area contributed by atoms with Gasteiger partial charge < -0.3 is 4.42 Å². The molecule has 37 heavy (non-hydrogen) atoms. The van der Waals surface area contributed by atoms with E-state index in [0.29, 0.717) is 38.3 Å². The summed E-state index contributed by atoms with van der Waals surface area (Å²) in [7, 11) is -7.51. The van der Waals surface area contributed by atoms with Crippen LogP contribution in [0, 0.1) is 0 Å². The Kier molecular flexibility index (Phi) is 6.71. The lowest BCUT2D eigenvalue weighted by molar-refractivity contribution is 0.600. The minimum Gasteiger partial charge on any atom is -0.436 e. The maximum absolute atomic E-state index is 12.8. The van der Waals surface area contributed by atoms with Crippen LogP contribution in [0.15, 0.2) is 92.4 Å². The Balaban J connectivity index is 1.34. The minimum absolute atomic E-state index is 0.116. The lowest BCUT2D eigenvalue weighted by Gasteiger charge is -2.08. The van der Waals surface area contributed by atoms with Crippen molar-refractivity contribution in [1.29, 1.82) is 0 Å². The lowest BCUT2D eigenvalue weighted by Crippen LogP contribution is -2.12. The quantitative estimate of drug-likeness (QED) is 0.222. The van der Waals surface area contributed by atoms with E-state index in [-0.39, 0.29) is 9.10 Å². The molecule has 0 atom stereocenters. The molecule has 2 N–H and O–H groups in total. The fourth-order valence-corrected chi connectivity index (χ4v) is 7.15. The number of anilines is 2. The molecule has 0 saturated heterocycles. The average Bonchev–Trinajstić information content (AvgIpc) is 3.50. The summed E-state index contributed by atoms with van der Waals surface area (Å²) in [4.78, 5) is 4.64. The number of fused-ring (bicyclic) bond motifs is 1. The van der Waals surface area contributed by atoms with E-state index in [9.17, 15) is 16.8 Å². The fraction of sp³-hybridized carbons (Fsp3) is 0.0800. The Morgan fingerprint density at radius 1 is 0.838 bits per heavy atom. The van der Waals surface area contributed by atoms with E-state index in [4.69, 9.17) is 16.0 Å². The molecule has 0 amide bonds. The van der Waals surface area contributed by atoms with Crippen molar-refractivity contribution in [1.82, 2.24) is 4.98 Å². The highest BCUT2D eigenvalue weighted by Gasteiger charge is 2.18. The second kappa shape index (κ2) is 9.82. The van der Waals surface area contributed by atoms with E-state index >= 15 is 0 Å². The van der Waals surface area contributed by atoms with Crippen molar-refractivity contribution in [3.63, 3.8) is 0 Å². The molecular weight excluding hydrogens is 554 g/mol. The summed E-state index contributed by atoms with van der Waals surface area (Å²) in [5, 5.41) is 0. The normalized spacial score (nSPS) is 12.1. The first-order chi connectivity index (χ1) is 17.6. The average molecular weight is 574 g/mol. The zero-order chi connectivity index (χ0) is 26.2. The van der Waals surface area contributed by atoms with Crippen LogP contribution in [0.25, 0.3) is 22.6 Å². The number of sulfonamides is 2. The second-order valence-corrected chi connectivity index (χ2v) is 13.4. The van der Waals surface area contributed by atoms with E-state index in [0.717, 1.165) is 23.3 Å². The van der Waals surface area contributed by atoms with Crippen LogP contribution in [0.4, 0.5) is 11.4 Å². The second-order valence-electron chi connectivity index (χ2n) is 8.05. The van der Waals surface area contributed by atoms with Crippen LogP contribution in [0.1, 0.15) is 12.5 Å². The number of aryl methyl sites for hydroxylation is 1. The first-order valence-electron chi connectivity index (χ1n) is 11.0. The van der Waals surface area contributed by atoms with Crippen LogP contribution >= 0.6 is 22.9 Å². The lowest BCUT2D eigenvalue weighted by atomic mass is 10.2. The maximum atomic E-state index is 12.8. The highest BCUT2D eigenvalue weighted by molar-refractivity contribution is 7.94. The van der Waals surface area contributed by atoms with Gasteiger partial charge in [0.05, 0.1) is 14.9 Å². The Morgan fingerprint density at radius 3 is 2.16 bits per heavy atom. The smallest absolute Gasteiger partial charge is 0.271 e. The van der Waals surface area contributed by atoms with Gasteiger partial charge in [-0.3, -0.25) is 9.44 Å². The molecule has 190 valence electrons. The van der Waals surface area contributed by atoms with Crippen molar-refractivity contribution in [2.45, 2.75) is 22.4 Å². The summed E-state index contributed by atoms with van der Waals surface area (Å²) < 4.78 is 62.0. The Hall–Kier alpha value is -3.38. The molecule has 0 spiro atoms. The number of hydrogen-bond acceptors (Lipinski definition) is 7. The van der Waals surface area contributed by atoms with Crippen LogP contribution in [0.5, 0.6) is 0 Å². The monoisotopic (exact) mass is 573 g/mol. The Bertz CT molecular complexity index is 1790. The van der Waals surface area contributed by atoms with Crippen LogP contribution in [0.3, 0.4) is 0 Å². The molecule has 8 nitrogen and oxygen atoms in total. The van der Waals surface area contributed by atoms with Crippen LogP contribution < -0.4 is 9.44 Å². The number of aromatic nitrogens is 1. The topological polar surface area (TPSA) is 118 Å². The van der Waals surface area contributed by atoms with E-state index in [1.807, 2.05) is 6.92 Å². The molecule has 5 rings (SSSR count). The highest BCUT2D eigenvalue weighted by atomic mass is 35.5. The van der Waals surface area contributed by atoms with Gasteiger partial charge in [-0.05, 0) is 78.7 Å². The number of halogens is 1. The highest BCUT2D eigenvalue weighted by Crippen LogP contribution is 2.30. The summed E-state index contributed by atoms with van der Waals surface area (Å²) in [6, 6.07) is 21.1. The third kappa shape index (κ3) is 5.49. The van der Waals surface area contributed by atoms with Crippen LogP contribution in [-0.4, -0.2) is 21.8 Å². The number of nitrogens with zero attached hydrogens (tertiary/aromatic N) is 1. The number of rotatable bonds is 8. The molecule has 0 aliphatic heterocycles. The molecular formula is C25H20ClN3O5S3. The molecule has 2 heterocycles. The van der Waals surface area contributed by atoms with E-state index in [1.54, 1.807) is 66.7 Å². The van der Waals surface area contributed by atoms with Gasteiger partial charge in [0.25, 0.3) is 20.0 Å². The van der Waals surface area contributed by atoms with Gasteiger partial charge in [0.2, 0.25) is 5.89 Å². The van der Waals surface area contributed by atoms with Crippen molar-refractivity contribution < 1.29 is 21.3 Å². The molecule has 0 saturated carbocycles. The number of hydrogen-bond donors (Lipinski definition) is 2. The first kappa shape index (κ1) is 25.3. The van der Waals surface area contributed by atoms with Gasteiger partial charge in [0, 0.05) is 11.3 Å². The predicted octanol–water partition coefficient (Wildman–Crippen LogP) is 6.37. The van der Waals surface area contributed by atoms with Gasteiger partial charge in [-0.1, -0.05) is 30.7 Å². The summed E-state index contributed by atoms with van der Waals surface area (Å²) >= 11 is 6.81. The van der Waals surface area contributed by atoms with E-state index < -0.39 is 20.0 Å². The molecule has 0 aliphatic carbocycles. The molecule has 0 radical (unpaired) electrons. The molecule has 5 aromatic rings. The van der Waals surface area contributed by atoms with Crippen LogP contribution in [-0.2, 0) is 26.5 Å². The number of oxazole rings is 1.